The first kappa shape index (κ1) is 21.3. The largest absolute Gasteiger partial charge is 0.455 e. The van der Waals surface area contributed by atoms with Gasteiger partial charge in [-0.25, -0.2) is 0 Å². The van der Waals surface area contributed by atoms with Crippen LogP contribution in [0.25, 0.3) is 0 Å². The smallest absolute Gasteiger partial charge is 0.263 e. The van der Waals surface area contributed by atoms with E-state index in [1.54, 1.807) is 23.1 Å². The lowest BCUT2D eigenvalue weighted by atomic mass is 10.0. The molecule has 29 heavy (non-hydrogen) atoms. The highest BCUT2D eigenvalue weighted by molar-refractivity contribution is 6.34. The first-order valence-corrected chi connectivity index (χ1v) is 10.0. The quantitative estimate of drug-likeness (QED) is 0.355. The van der Waals surface area contributed by atoms with Crippen LogP contribution in [-0.4, -0.2) is 12.5 Å². The van der Waals surface area contributed by atoms with Gasteiger partial charge in [-0.05, 0) is 42.7 Å². The Balaban J connectivity index is 1.98. The topological polar surface area (TPSA) is 55.6 Å². The van der Waals surface area contributed by atoms with Gasteiger partial charge in [0.25, 0.3) is 5.91 Å². The number of nitrogens with zero attached hydrogens (tertiary/aromatic N) is 1. The number of hydrogen-bond acceptors (Lipinski definition) is 3. The van der Waals surface area contributed by atoms with Crippen molar-refractivity contribution in [3.63, 3.8) is 0 Å². The molecule has 7 heteroatoms. The molecule has 0 aromatic heterocycles. The van der Waals surface area contributed by atoms with Gasteiger partial charge < -0.3 is 15.4 Å². The van der Waals surface area contributed by atoms with E-state index in [2.05, 4.69) is 6.58 Å². The Morgan fingerprint density at radius 1 is 1.21 bits per heavy atom. The number of fused-ring (bicyclic) bond motifs is 1. The molecule has 1 aliphatic rings. The number of carbonyl (C=O) groups is 1. The van der Waals surface area contributed by atoms with E-state index in [9.17, 15) is 4.79 Å². The number of amides is 1. The van der Waals surface area contributed by atoms with Gasteiger partial charge >= 0.3 is 0 Å². The zero-order valence-corrected chi connectivity index (χ0v) is 17.8. The maximum absolute atomic E-state index is 13.4. The third-order valence-corrected chi connectivity index (χ3v) is 5.08. The molecule has 2 aromatic carbocycles. The van der Waals surface area contributed by atoms with Crippen molar-refractivity contribution in [2.24, 2.45) is 5.73 Å². The van der Waals surface area contributed by atoms with Crippen molar-refractivity contribution in [2.45, 2.75) is 12.8 Å². The van der Waals surface area contributed by atoms with E-state index in [1.807, 2.05) is 24.3 Å². The maximum Gasteiger partial charge on any atom is 0.263 e. The first-order chi connectivity index (χ1) is 13.9. The number of carbonyl (C=O) groups excluding carboxylic acids is 1. The van der Waals surface area contributed by atoms with Crippen LogP contribution in [-0.2, 0) is 11.2 Å². The fourth-order valence-electron chi connectivity index (χ4n) is 3.13. The van der Waals surface area contributed by atoms with Gasteiger partial charge in [-0.15, -0.1) is 0 Å². The molecule has 0 aliphatic carbocycles. The van der Waals surface area contributed by atoms with E-state index >= 15 is 0 Å². The molecule has 1 heterocycles. The second-order valence-electron chi connectivity index (χ2n) is 6.40. The predicted molar refractivity (Wildman–Crippen MR) is 120 cm³/mol. The minimum Gasteiger partial charge on any atom is -0.455 e. The van der Waals surface area contributed by atoms with E-state index in [1.165, 1.54) is 12.3 Å². The average molecular weight is 450 g/mol. The van der Waals surface area contributed by atoms with Crippen LogP contribution in [0, 0.1) is 0 Å². The second-order valence-corrected chi connectivity index (χ2v) is 7.73. The Morgan fingerprint density at radius 2 is 1.97 bits per heavy atom. The Hall–Kier alpha value is -2.40. The lowest BCUT2D eigenvalue weighted by Crippen LogP contribution is -2.37. The third kappa shape index (κ3) is 4.96. The molecule has 0 radical (unpaired) electrons. The van der Waals surface area contributed by atoms with E-state index < -0.39 is 0 Å². The molecule has 1 aliphatic heterocycles. The summed E-state index contributed by atoms with van der Waals surface area (Å²) >= 11 is 18.2. The van der Waals surface area contributed by atoms with E-state index in [-0.39, 0.29) is 28.0 Å². The fourth-order valence-corrected chi connectivity index (χ4v) is 3.54. The number of aryl methyl sites for hydroxylation is 1. The lowest BCUT2D eigenvalue weighted by Gasteiger charge is -2.30. The van der Waals surface area contributed by atoms with Crippen LogP contribution in [0.15, 0.2) is 77.7 Å². The van der Waals surface area contributed by atoms with Gasteiger partial charge in [0, 0.05) is 34.6 Å². The maximum atomic E-state index is 13.4. The summed E-state index contributed by atoms with van der Waals surface area (Å²) in [5, 5.41) is 0.931. The summed E-state index contributed by atoms with van der Waals surface area (Å²) in [7, 11) is 0. The zero-order chi connectivity index (χ0) is 21.0. The monoisotopic (exact) mass is 448 g/mol. The molecule has 1 amide bonds. The number of allylic oxidation sites excluding steroid dienone is 2. The summed E-state index contributed by atoms with van der Waals surface area (Å²) in [5.74, 6) is 0.0983. The average Bonchev–Trinajstić information content (AvgIpc) is 2.70. The number of hydrogen-bond donors (Lipinski definition) is 1. The number of benzene rings is 2. The molecule has 2 aromatic rings. The Labute approximate surface area is 184 Å². The first-order valence-electron chi connectivity index (χ1n) is 8.91. The SMILES string of the molecule is C=C(Cl)/C=C(Oc1cc(Cl)ccc1Cl)\C(=C/N)C(=O)N1CCCc2ccccc21. The number of nitrogens with two attached hydrogens (primary N) is 1. The Kier molecular flexibility index (Phi) is 6.91. The highest BCUT2D eigenvalue weighted by Crippen LogP contribution is 2.33. The van der Waals surface area contributed by atoms with E-state index in [4.69, 9.17) is 45.3 Å². The van der Waals surface area contributed by atoms with Crippen molar-refractivity contribution in [3.05, 3.63) is 93.3 Å². The molecule has 2 N–H and O–H groups in total. The van der Waals surface area contributed by atoms with Gasteiger partial charge in [-0.3, -0.25) is 4.79 Å². The van der Waals surface area contributed by atoms with Crippen molar-refractivity contribution in [3.8, 4) is 5.75 Å². The van der Waals surface area contributed by atoms with Crippen molar-refractivity contribution >= 4 is 46.4 Å². The van der Waals surface area contributed by atoms with E-state index in [0.29, 0.717) is 16.6 Å². The van der Waals surface area contributed by atoms with Crippen molar-refractivity contribution in [2.75, 3.05) is 11.4 Å². The number of para-hydroxylation sites is 1. The van der Waals surface area contributed by atoms with Gasteiger partial charge in [0.05, 0.1) is 10.6 Å². The number of ether oxygens (including phenoxy) is 1. The van der Waals surface area contributed by atoms with Crippen molar-refractivity contribution < 1.29 is 9.53 Å². The molecule has 0 spiro atoms. The van der Waals surface area contributed by atoms with Crippen LogP contribution in [0.4, 0.5) is 5.69 Å². The molecule has 150 valence electrons. The molecule has 0 unspecified atom stereocenters. The Morgan fingerprint density at radius 3 is 2.69 bits per heavy atom. The van der Waals surface area contributed by atoms with Crippen LogP contribution < -0.4 is 15.4 Å². The molecule has 0 saturated carbocycles. The van der Waals surface area contributed by atoms with Crippen molar-refractivity contribution in [1.82, 2.24) is 0 Å². The van der Waals surface area contributed by atoms with Crippen LogP contribution in [0.2, 0.25) is 10.0 Å². The standard InChI is InChI=1S/C22H19Cl3N2O2/c1-14(23)11-20(29-21-12-16(24)8-9-18(21)25)17(13-26)22(28)27-10-4-6-15-5-2-3-7-19(15)27/h2-3,5,7-9,11-13H,1,4,6,10,26H2/b17-13+,20-11+. The van der Waals surface area contributed by atoms with Gasteiger partial charge in [0.2, 0.25) is 0 Å². The van der Waals surface area contributed by atoms with Gasteiger partial charge in [0.1, 0.15) is 11.5 Å². The fraction of sp³-hybridized carbons (Fsp3) is 0.136. The summed E-state index contributed by atoms with van der Waals surface area (Å²) < 4.78 is 5.89. The molecule has 3 rings (SSSR count). The number of anilines is 1. The minimum atomic E-state index is -0.304. The second kappa shape index (κ2) is 9.40. The van der Waals surface area contributed by atoms with E-state index in [0.717, 1.165) is 24.1 Å². The van der Waals surface area contributed by atoms with Crippen LogP contribution in [0.3, 0.4) is 0 Å². The predicted octanol–water partition coefficient (Wildman–Crippen LogP) is 5.83. The molecule has 0 fully saturated rings. The zero-order valence-electron chi connectivity index (χ0n) is 15.5. The lowest BCUT2D eigenvalue weighted by molar-refractivity contribution is -0.115. The summed E-state index contributed by atoms with van der Waals surface area (Å²) in [5.41, 5.74) is 7.94. The van der Waals surface area contributed by atoms with Gasteiger partial charge in [-0.2, -0.15) is 0 Å². The summed E-state index contributed by atoms with van der Waals surface area (Å²) in [4.78, 5) is 15.1. The van der Waals surface area contributed by atoms with Crippen LogP contribution in [0.5, 0.6) is 5.75 Å². The Bertz CT molecular complexity index is 1010. The molecular weight excluding hydrogens is 431 g/mol. The van der Waals surface area contributed by atoms with Crippen LogP contribution in [0.1, 0.15) is 12.0 Å². The molecule has 0 saturated heterocycles. The third-order valence-electron chi connectivity index (χ3n) is 4.42. The minimum absolute atomic E-state index is 0.129. The normalized spacial score (nSPS) is 14.4. The summed E-state index contributed by atoms with van der Waals surface area (Å²) in [6.45, 7) is 4.23. The van der Waals surface area contributed by atoms with Gasteiger partial charge in [-0.1, -0.05) is 59.6 Å². The highest BCUT2D eigenvalue weighted by atomic mass is 35.5. The molecule has 4 nitrogen and oxygen atoms in total. The molecule has 0 bridgehead atoms. The van der Waals surface area contributed by atoms with Gasteiger partial charge in [0.15, 0.2) is 0 Å². The number of rotatable bonds is 5. The summed E-state index contributed by atoms with van der Waals surface area (Å²) in [6, 6.07) is 12.6. The summed E-state index contributed by atoms with van der Waals surface area (Å²) in [6.07, 6.45) is 4.38. The number of halogens is 3. The highest BCUT2D eigenvalue weighted by Gasteiger charge is 2.28. The molecule has 0 atom stereocenters. The van der Waals surface area contributed by atoms with Crippen molar-refractivity contribution in [1.29, 1.82) is 0 Å². The van der Waals surface area contributed by atoms with Crippen LogP contribution >= 0.6 is 34.8 Å². The molecular formula is C22H19Cl3N2O2.